The molecule has 2 nitrogen and oxygen atoms in total. The molecule has 0 aliphatic rings. The van der Waals surface area contributed by atoms with Gasteiger partial charge in [0.1, 0.15) is 0 Å². The summed E-state index contributed by atoms with van der Waals surface area (Å²) in [6.45, 7) is 18.0. The minimum absolute atomic E-state index is 0.122. The van der Waals surface area contributed by atoms with Gasteiger partial charge in [0.25, 0.3) is 0 Å². The minimum Gasteiger partial charge on any atom is -0.375 e. The lowest BCUT2D eigenvalue weighted by Gasteiger charge is -2.41. The van der Waals surface area contributed by atoms with Crippen molar-refractivity contribution in [1.29, 1.82) is 0 Å². The minimum atomic E-state index is -0.148. The zero-order chi connectivity index (χ0) is 13.5. The Morgan fingerprint density at radius 1 is 1.18 bits per heavy atom. The van der Waals surface area contributed by atoms with E-state index in [0.717, 1.165) is 12.8 Å². The van der Waals surface area contributed by atoms with Crippen molar-refractivity contribution in [2.75, 3.05) is 13.2 Å². The van der Waals surface area contributed by atoms with Crippen molar-refractivity contribution in [3.63, 3.8) is 0 Å². The molecule has 102 valence electrons. The standard InChI is InChI=1S/C15H30O2/c1-8-10-13(12-16-11-9-2)17-15(6,7)14(3,4)5/h9,13H,2,8,10-12H2,1,3-7H3. The van der Waals surface area contributed by atoms with Crippen LogP contribution in [-0.4, -0.2) is 24.9 Å². The smallest absolute Gasteiger partial charge is 0.0816 e. The topological polar surface area (TPSA) is 18.5 Å². The fraction of sp³-hybridized carbons (Fsp3) is 0.867. The fourth-order valence-electron chi connectivity index (χ4n) is 1.37. The fourth-order valence-corrected chi connectivity index (χ4v) is 1.37. The lowest BCUT2D eigenvalue weighted by Crippen LogP contribution is -2.43. The van der Waals surface area contributed by atoms with Gasteiger partial charge in [-0.1, -0.05) is 40.2 Å². The molecule has 1 atom stereocenters. The Hall–Kier alpha value is -0.340. The van der Waals surface area contributed by atoms with Gasteiger partial charge in [-0.15, -0.1) is 6.58 Å². The van der Waals surface area contributed by atoms with Gasteiger partial charge < -0.3 is 9.47 Å². The van der Waals surface area contributed by atoms with Gasteiger partial charge in [-0.25, -0.2) is 0 Å². The number of hydrogen-bond acceptors (Lipinski definition) is 2. The molecule has 0 aliphatic carbocycles. The Morgan fingerprint density at radius 2 is 1.76 bits per heavy atom. The van der Waals surface area contributed by atoms with Gasteiger partial charge >= 0.3 is 0 Å². The van der Waals surface area contributed by atoms with E-state index in [1.54, 1.807) is 6.08 Å². The molecule has 0 rings (SSSR count). The Balaban J connectivity index is 4.36. The van der Waals surface area contributed by atoms with Crippen LogP contribution in [0.3, 0.4) is 0 Å². The molecule has 0 aromatic carbocycles. The van der Waals surface area contributed by atoms with Crippen LogP contribution in [-0.2, 0) is 9.47 Å². The largest absolute Gasteiger partial charge is 0.375 e. The molecular weight excluding hydrogens is 212 g/mol. The van der Waals surface area contributed by atoms with Crippen molar-refractivity contribution in [2.45, 2.75) is 66.1 Å². The molecule has 1 unspecified atom stereocenters. The molecule has 0 aromatic rings. The summed E-state index contributed by atoms with van der Waals surface area (Å²) in [7, 11) is 0. The molecular formula is C15H30O2. The monoisotopic (exact) mass is 242 g/mol. The first-order valence-corrected chi connectivity index (χ1v) is 6.61. The predicted octanol–water partition coefficient (Wildman–Crippen LogP) is 4.20. The van der Waals surface area contributed by atoms with E-state index in [4.69, 9.17) is 9.47 Å². The van der Waals surface area contributed by atoms with Crippen LogP contribution in [0.4, 0.5) is 0 Å². The van der Waals surface area contributed by atoms with E-state index in [1.165, 1.54) is 0 Å². The summed E-state index contributed by atoms with van der Waals surface area (Å²) in [6.07, 6.45) is 4.10. The highest BCUT2D eigenvalue weighted by molar-refractivity contribution is 4.85. The summed E-state index contributed by atoms with van der Waals surface area (Å²) in [6, 6.07) is 0. The number of ether oxygens (including phenoxy) is 2. The molecule has 0 amide bonds. The van der Waals surface area contributed by atoms with E-state index in [1.807, 2.05) is 0 Å². The molecule has 0 fully saturated rings. The second kappa shape index (κ2) is 7.17. The van der Waals surface area contributed by atoms with Crippen LogP contribution in [0.1, 0.15) is 54.4 Å². The second-order valence-electron chi connectivity index (χ2n) is 6.11. The highest BCUT2D eigenvalue weighted by Gasteiger charge is 2.35. The van der Waals surface area contributed by atoms with Gasteiger partial charge in [0.05, 0.1) is 24.9 Å². The third-order valence-corrected chi connectivity index (χ3v) is 3.42. The molecule has 17 heavy (non-hydrogen) atoms. The summed E-state index contributed by atoms with van der Waals surface area (Å²) < 4.78 is 11.7. The maximum atomic E-state index is 6.23. The van der Waals surface area contributed by atoms with Crippen LogP contribution < -0.4 is 0 Å². The van der Waals surface area contributed by atoms with E-state index in [-0.39, 0.29) is 17.1 Å². The number of rotatable bonds is 8. The lowest BCUT2D eigenvalue weighted by molar-refractivity contribution is -0.149. The molecule has 2 heteroatoms. The summed E-state index contributed by atoms with van der Waals surface area (Å²) in [5.74, 6) is 0. The summed E-state index contributed by atoms with van der Waals surface area (Å²) in [5.41, 5.74) is -0.0260. The third-order valence-electron chi connectivity index (χ3n) is 3.42. The Kier molecular flexibility index (Phi) is 7.03. The van der Waals surface area contributed by atoms with Crippen LogP contribution in [0.25, 0.3) is 0 Å². The molecule has 0 N–H and O–H groups in total. The molecule has 0 radical (unpaired) electrons. The van der Waals surface area contributed by atoms with Gasteiger partial charge in [-0.2, -0.15) is 0 Å². The first-order chi connectivity index (χ1) is 7.74. The second-order valence-corrected chi connectivity index (χ2v) is 6.11. The predicted molar refractivity (Wildman–Crippen MR) is 74.3 cm³/mol. The third kappa shape index (κ3) is 6.23. The zero-order valence-corrected chi connectivity index (χ0v) is 12.5. The van der Waals surface area contributed by atoms with Crippen molar-refractivity contribution >= 4 is 0 Å². The van der Waals surface area contributed by atoms with Gasteiger partial charge in [0.15, 0.2) is 0 Å². The van der Waals surface area contributed by atoms with Gasteiger partial charge in [-0.3, -0.25) is 0 Å². The van der Waals surface area contributed by atoms with Gasteiger partial charge in [-0.05, 0) is 25.7 Å². The highest BCUT2D eigenvalue weighted by atomic mass is 16.5. The van der Waals surface area contributed by atoms with Crippen molar-refractivity contribution in [2.24, 2.45) is 5.41 Å². The lowest BCUT2D eigenvalue weighted by atomic mass is 9.79. The van der Waals surface area contributed by atoms with Crippen LogP contribution >= 0.6 is 0 Å². The average Bonchev–Trinajstić information content (AvgIpc) is 2.16. The Labute approximate surface area is 107 Å². The molecule has 0 saturated heterocycles. The Bertz CT molecular complexity index is 213. The molecule has 0 heterocycles. The van der Waals surface area contributed by atoms with Crippen molar-refractivity contribution in [1.82, 2.24) is 0 Å². The Morgan fingerprint density at radius 3 is 2.18 bits per heavy atom. The van der Waals surface area contributed by atoms with Crippen molar-refractivity contribution in [3.05, 3.63) is 12.7 Å². The highest BCUT2D eigenvalue weighted by Crippen LogP contribution is 2.34. The van der Waals surface area contributed by atoms with E-state index >= 15 is 0 Å². The molecule has 0 aromatic heterocycles. The SMILES string of the molecule is C=CCOCC(CCC)OC(C)(C)C(C)(C)C. The van der Waals surface area contributed by atoms with Crippen LogP contribution in [0.15, 0.2) is 12.7 Å². The maximum Gasteiger partial charge on any atom is 0.0816 e. The van der Waals surface area contributed by atoms with Crippen LogP contribution in [0.2, 0.25) is 0 Å². The molecule has 0 bridgehead atoms. The van der Waals surface area contributed by atoms with E-state index in [9.17, 15) is 0 Å². The zero-order valence-electron chi connectivity index (χ0n) is 12.5. The summed E-state index contributed by atoms with van der Waals surface area (Å²) >= 11 is 0. The van der Waals surface area contributed by atoms with E-state index in [0.29, 0.717) is 13.2 Å². The van der Waals surface area contributed by atoms with Gasteiger partial charge in [0, 0.05) is 0 Å². The van der Waals surface area contributed by atoms with Crippen LogP contribution in [0.5, 0.6) is 0 Å². The van der Waals surface area contributed by atoms with Gasteiger partial charge in [0.2, 0.25) is 0 Å². The summed E-state index contributed by atoms with van der Waals surface area (Å²) in [4.78, 5) is 0. The quantitative estimate of drug-likeness (QED) is 0.469. The first-order valence-electron chi connectivity index (χ1n) is 6.61. The normalized spacial score (nSPS) is 14.7. The molecule has 0 aliphatic heterocycles. The van der Waals surface area contributed by atoms with Crippen molar-refractivity contribution in [3.8, 4) is 0 Å². The average molecular weight is 242 g/mol. The first kappa shape index (κ1) is 16.7. The van der Waals surface area contributed by atoms with E-state index in [2.05, 4.69) is 48.1 Å². The molecule has 0 saturated carbocycles. The maximum absolute atomic E-state index is 6.23. The van der Waals surface area contributed by atoms with E-state index < -0.39 is 0 Å². The van der Waals surface area contributed by atoms with Crippen LogP contribution in [0, 0.1) is 5.41 Å². The molecule has 0 spiro atoms. The summed E-state index contributed by atoms with van der Waals surface area (Å²) in [5, 5.41) is 0. The van der Waals surface area contributed by atoms with Crippen molar-refractivity contribution < 1.29 is 9.47 Å². The number of hydrogen-bond donors (Lipinski definition) is 0.